The smallest absolute Gasteiger partial charge is 0.412 e. The van der Waals surface area contributed by atoms with Crippen molar-refractivity contribution in [3.05, 3.63) is 17.0 Å². The highest BCUT2D eigenvalue weighted by Gasteiger charge is 2.29. The number of carbonyl (C=O) groups excluding carboxylic acids is 4. The van der Waals surface area contributed by atoms with Gasteiger partial charge in [-0.15, -0.1) is 11.3 Å². The first-order valence-electron chi connectivity index (χ1n) is 7.38. The Morgan fingerprint density at radius 1 is 1.33 bits per heavy atom. The van der Waals surface area contributed by atoms with Crippen molar-refractivity contribution in [1.82, 2.24) is 10.6 Å². The molecule has 1 aliphatic heterocycles. The molecule has 1 unspecified atom stereocenters. The highest BCUT2D eigenvalue weighted by molar-refractivity contribution is 7.14. The molecule has 2 rings (SSSR count). The van der Waals surface area contributed by atoms with E-state index in [0.29, 0.717) is 5.00 Å². The van der Waals surface area contributed by atoms with Gasteiger partial charge in [-0.3, -0.25) is 25.0 Å². The fourth-order valence-corrected chi connectivity index (χ4v) is 2.82. The summed E-state index contributed by atoms with van der Waals surface area (Å²) < 4.78 is 5.15. The third kappa shape index (κ3) is 4.79. The summed E-state index contributed by atoms with van der Waals surface area (Å²) in [4.78, 5) is 47.0. The molecule has 4 amide bonds. The molecule has 3 N–H and O–H groups in total. The van der Waals surface area contributed by atoms with Gasteiger partial charge in [-0.25, -0.2) is 4.79 Å². The highest BCUT2D eigenvalue weighted by Crippen LogP contribution is 2.24. The Kier molecular flexibility index (Phi) is 5.23. The van der Waals surface area contributed by atoms with Gasteiger partial charge in [-0.05, 0) is 38.6 Å². The minimum absolute atomic E-state index is 0.170. The third-order valence-electron chi connectivity index (χ3n) is 3.07. The van der Waals surface area contributed by atoms with Crippen LogP contribution in [-0.4, -0.2) is 35.5 Å². The summed E-state index contributed by atoms with van der Waals surface area (Å²) in [5.74, 6) is -1.39. The molecule has 1 atom stereocenters. The zero-order valence-corrected chi connectivity index (χ0v) is 14.4. The topological polar surface area (TPSA) is 114 Å². The minimum atomic E-state index is -0.774. The molecule has 130 valence electrons. The number of amides is 4. The van der Waals surface area contributed by atoms with E-state index in [1.54, 1.807) is 32.2 Å². The third-order valence-corrected chi connectivity index (χ3v) is 3.90. The summed E-state index contributed by atoms with van der Waals surface area (Å²) in [5, 5.41) is 9.24. The molecule has 0 spiro atoms. The summed E-state index contributed by atoms with van der Waals surface area (Å²) in [5.41, 5.74) is -0.424. The molecular formula is C15H19N3O5S. The van der Waals surface area contributed by atoms with E-state index in [-0.39, 0.29) is 24.3 Å². The molecule has 0 saturated carbocycles. The summed E-state index contributed by atoms with van der Waals surface area (Å²) in [7, 11) is 0. The van der Waals surface area contributed by atoms with E-state index in [1.165, 1.54) is 11.3 Å². The van der Waals surface area contributed by atoms with Crippen molar-refractivity contribution in [2.45, 2.75) is 45.3 Å². The van der Waals surface area contributed by atoms with Gasteiger partial charge in [0.15, 0.2) is 0 Å². The predicted octanol–water partition coefficient (Wildman–Crippen LogP) is 1.63. The maximum atomic E-state index is 12.3. The SMILES string of the molecule is CC(C)(C)OC(=O)Nc1sccc1C(=O)NC1CCC(=O)NC1=O. The lowest BCUT2D eigenvalue weighted by Gasteiger charge is -2.22. The van der Waals surface area contributed by atoms with Crippen LogP contribution < -0.4 is 16.0 Å². The zero-order valence-electron chi connectivity index (χ0n) is 13.6. The lowest BCUT2D eigenvalue weighted by atomic mass is 10.1. The normalized spacial score (nSPS) is 17.9. The molecule has 24 heavy (non-hydrogen) atoms. The van der Waals surface area contributed by atoms with Gasteiger partial charge in [0.05, 0.1) is 5.56 Å². The second-order valence-corrected chi connectivity index (χ2v) is 7.18. The minimum Gasteiger partial charge on any atom is -0.444 e. The van der Waals surface area contributed by atoms with E-state index >= 15 is 0 Å². The molecule has 9 heteroatoms. The molecule has 1 aromatic rings. The summed E-state index contributed by atoms with van der Waals surface area (Å²) in [6.07, 6.45) is -0.251. The second-order valence-electron chi connectivity index (χ2n) is 6.27. The van der Waals surface area contributed by atoms with E-state index in [4.69, 9.17) is 4.74 Å². The van der Waals surface area contributed by atoms with Crippen LogP contribution >= 0.6 is 11.3 Å². The first kappa shape index (κ1) is 17.9. The monoisotopic (exact) mass is 353 g/mol. The van der Waals surface area contributed by atoms with E-state index in [0.717, 1.165) is 0 Å². The maximum Gasteiger partial charge on any atom is 0.412 e. The lowest BCUT2D eigenvalue weighted by Crippen LogP contribution is -2.52. The molecule has 0 aromatic carbocycles. The molecule has 1 saturated heterocycles. The number of rotatable bonds is 3. The fourth-order valence-electron chi connectivity index (χ4n) is 2.05. The molecule has 1 fully saturated rings. The number of hydrogen-bond acceptors (Lipinski definition) is 6. The van der Waals surface area contributed by atoms with Gasteiger partial charge in [0.25, 0.3) is 5.91 Å². The van der Waals surface area contributed by atoms with Crippen LogP contribution in [0.25, 0.3) is 0 Å². The Bertz CT molecular complexity index is 677. The standard InChI is InChI=1S/C15H19N3O5S/c1-15(2,3)23-14(22)18-13-8(6-7-24-13)11(20)16-9-4-5-10(19)17-12(9)21/h6-7,9H,4-5H2,1-3H3,(H,16,20)(H,18,22)(H,17,19,21). The van der Waals surface area contributed by atoms with E-state index < -0.39 is 29.6 Å². The molecule has 1 aromatic heterocycles. The van der Waals surface area contributed by atoms with Crippen molar-refractivity contribution in [3.63, 3.8) is 0 Å². The average molecular weight is 353 g/mol. The number of piperidine rings is 1. The van der Waals surface area contributed by atoms with Crippen LogP contribution in [0.15, 0.2) is 11.4 Å². The van der Waals surface area contributed by atoms with Crippen LogP contribution in [-0.2, 0) is 14.3 Å². The molecule has 0 aliphatic carbocycles. The van der Waals surface area contributed by atoms with Gasteiger partial charge in [0.2, 0.25) is 11.8 Å². The Labute approximate surface area is 142 Å². The van der Waals surface area contributed by atoms with E-state index in [9.17, 15) is 19.2 Å². The van der Waals surface area contributed by atoms with Crippen molar-refractivity contribution in [2.24, 2.45) is 0 Å². The van der Waals surface area contributed by atoms with Gasteiger partial charge in [0.1, 0.15) is 16.6 Å². The van der Waals surface area contributed by atoms with Crippen LogP contribution in [0.4, 0.5) is 9.80 Å². The molecular weight excluding hydrogens is 334 g/mol. The van der Waals surface area contributed by atoms with E-state index in [2.05, 4.69) is 16.0 Å². The highest BCUT2D eigenvalue weighted by atomic mass is 32.1. The molecule has 0 bridgehead atoms. The van der Waals surface area contributed by atoms with Gasteiger partial charge in [-0.2, -0.15) is 0 Å². The van der Waals surface area contributed by atoms with Crippen LogP contribution in [0, 0.1) is 0 Å². The number of ether oxygens (including phenoxy) is 1. The van der Waals surface area contributed by atoms with Crippen molar-refractivity contribution in [3.8, 4) is 0 Å². The van der Waals surface area contributed by atoms with Crippen LogP contribution in [0.1, 0.15) is 44.0 Å². The number of hydrogen-bond donors (Lipinski definition) is 3. The first-order valence-corrected chi connectivity index (χ1v) is 8.26. The van der Waals surface area contributed by atoms with E-state index in [1.807, 2.05) is 0 Å². The number of carbonyl (C=O) groups is 4. The Balaban J connectivity index is 2.01. The van der Waals surface area contributed by atoms with Crippen LogP contribution in [0.5, 0.6) is 0 Å². The summed E-state index contributed by atoms with van der Waals surface area (Å²) >= 11 is 1.17. The fraction of sp³-hybridized carbons (Fsp3) is 0.467. The summed E-state index contributed by atoms with van der Waals surface area (Å²) in [6, 6.07) is 0.767. The number of anilines is 1. The van der Waals surface area contributed by atoms with Crippen LogP contribution in [0.2, 0.25) is 0 Å². The van der Waals surface area contributed by atoms with Crippen molar-refractivity contribution >= 4 is 40.2 Å². The van der Waals surface area contributed by atoms with Gasteiger partial charge in [-0.1, -0.05) is 0 Å². The molecule has 8 nitrogen and oxygen atoms in total. The predicted molar refractivity (Wildman–Crippen MR) is 87.8 cm³/mol. The summed E-state index contributed by atoms with van der Waals surface area (Å²) in [6.45, 7) is 5.20. The lowest BCUT2D eigenvalue weighted by molar-refractivity contribution is -0.134. The zero-order chi connectivity index (χ0) is 17.9. The first-order chi connectivity index (χ1) is 11.2. The Hall–Kier alpha value is -2.42. The number of nitrogens with one attached hydrogen (secondary N) is 3. The van der Waals surface area contributed by atoms with Gasteiger partial charge >= 0.3 is 6.09 Å². The van der Waals surface area contributed by atoms with Gasteiger partial charge in [0, 0.05) is 6.42 Å². The number of thiophene rings is 1. The van der Waals surface area contributed by atoms with Crippen molar-refractivity contribution < 1.29 is 23.9 Å². The average Bonchev–Trinajstić information content (AvgIpc) is 2.87. The van der Waals surface area contributed by atoms with Crippen molar-refractivity contribution in [1.29, 1.82) is 0 Å². The molecule has 1 aliphatic rings. The van der Waals surface area contributed by atoms with Gasteiger partial charge < -0.3 is 10.1 Å². The molecule has 2 heterocycles. The molecule has 0 radical (unpaired) electrons. The largest absolute Gasteiger partial charge is 0.444 e. The Morgan fingerprint density at radius 2 is 2.04 bits per heavy atom. The number of imide groups is 1. The Morgan fingerprint density at radius 3 is 2.67 bits per heavy atom. The second kappa shape index (κ2) is 7.00. The van der Waals surface area contributed by atoms with Crippen molar-refractivity contribution in [2.75, 3.05) is 5.32 Å². The van der Waals surface area contributed by atoms with Crippen LogP contribution in [0.3, 0.4) is 0 Å². The maximum absolute atomic E-state index is 12.3. The quantitative estimate of drug-likeness (QED) is 0.715.